The first-order valence-electron chi connectivity index (χ1n) is 8.06. The van der Waals surface area contributed by atoms with Crippen LogP contribution in [0, 0.1) is 0 Å². The molecule has 0 aromatic heterocycles. The third-order valence-electron chi connectivity index (χ3n) is 3.99. The van der Waals surface area contributed by atoms with E-state index in [4.69, 9.17) is 9.47 Å². The maximum absolute atomic E-state index is 12.1. The largest absolute Gasteiger partial charge is 0.497 e. The summed E-state index contributed by atoms with van der Waals surface area (Å²) in [6.45, 7) is 0. The molecule has 0 radical (unpaired) electrons. The van der Waals surface area contributed by atoms with Gasteiger partial charge < -0.3 is 14.8 Å². The van der Waals surface area contributed by atoms with Crippen LogP contribution < -0.4 is 14.8 Å². The molecule has 1 aliphatic heterocycles. The number of amidine groups is 1. The molecular formula is C20H20N2O3. The molecule has 1 heterocycles. The highest BCUT2D eigenvalue weighted by molar-refractivity contribution is 6.14. The van der Waals surface area contributed by atoms with Crippen LogP contribution in [0.4, 0.5) is 0 Å². The second kappa shape index (κ2) is 7.66. The van der Waals surface area contributed by atoms with E-state index in [0.29, 0.717) is 18.0 Å². The molecule has 128 valence electrons. The molecule has 3 rings (SSSR count). The van der Waals surface area contributed by atoms with Gasteiger partial charge in [0.2, 0.25) is 0 Å². The van der Waals surface area contributed by atoms with Crippen molar-refractivity contribution >= 4 is 17.8 Å². The number of amides is 1. The van der Waals surface area contributed by atoms with Gasteiger partial charge in [0.15, 0.2) is 0 Å². The van der Waals surface area contributed by atoms with Gasteiger partial charge in [-0.2, -0.15) is 0 Å². The fourth-order valence-electron chi connectivity index (χ4n) is 2.66. The normalized spacial score (nSPS) is 15.0. The van der Waals surface area contributed by atoms with Crippen LogP contribution in [0.3, 0.4) is 0 Å². The van der Waals surface area contributed by atoms with Crippen molar-refractivity contribution in [1.29, 1.82) is 0 Å². The van der Waals surface area contributed by atoms with Crippen molar-refractivity contribution in [1.82, 2.24) is 5.32 Å². The van der Waals surface area contributed by atoms with Crippen LogP contribution in [0.5, 0.6) is 11.5 Å². The molecule has 0 saturated carbocycles. The summed E-state index contributed by atoms with van der Waals surface area (Å²) in [5, 5.41) is 2.83. The second-order valence-electron chi connectivity index (χ2n) is 5.63. The van der Waals surface area contributed by atoms with Crippen molar-refractivity contribution < 1.29 is 14.3 Å². The first-order valence-corrected chi connectivity index (χ1v) is 8.06. The molecule has 5 heteroatoms. The monoisotopic (exact) mass is 336 g/mol. The molecule has 1 amide bonds. The predicted molar refractivity (Wildman–Crippen MR) is 97.9 cm³/mol. The summed E-state index contributed by atoms with van der Waals surface area (Å²) < 4.78 is 10.5. The summed E-state index contributed by atoms with van der Waals surface area (Å²) in [6.07, 6.45) is 3.16. The molecule has 0 spiro atoms. The summed E-state index contributed by atoms with van der Waals surface area (Å²) in [5.41, 5.74) is 2.41. The Morgan fingerprint density at radius 1 is 1.00 bits per heavy atom. The van der Waals surface area contributed by atoms with E-state index in [-0.39, 0.29) is 5.91 Å². The lowest BCUT2D eigenvalue weighted by Crippen LogP contribution is -2.24. The number of methoxy groups -OCH3 is 2. The Bertz CT molecular complexity index is 823. The molecule has 0 atom stereocenters. The number of hydrogen-bond donors (Lipinski definition) is 1. The molecule has 2 aromatic carbocycles. The molecule has 0 aliphatic carbocycles. The van der Waals surface area contributed by atoms with E-state index in [0.717, 1.165) is 29.0 Å². The maximum atomic E-state index is 12.1. The van der Waals surface area contributed by atoms with E-state index in [9.17, 15) is 4.79 Å². The Labute approximate surface area is 147 Å². The Kier molecular flexibility index (Phi) is 5.14. The van der Waals surface area contributed by atoms with E-state index in [1.54, 1.807) is 20.3 Å². The van der Waals surface area contributed by atoms with E-state index in [1.807, 2.05) is 48.5 Å². The highest BCUT2D eigenvalue weighted by Crippen LogP contribution is 2.20. The molecule has 2 aromatic rings. The Balaban J connectivity index is 1.70. The van der Waals surface area contributed by atoms with Crippen LogP contribution in [-0.2, 0) is 11.2 Å². The number of rotatable bonds is 6. The first kappa shape index (κ1) is 16.8. The number of ether oxygens (including phenoxy) is 2. The number of hydrogen-bond acceptors (Lipinski definition) is 4. The quantitative estimate of drug-likeness (QED) is 0.824. The van der Waals surface area contributed by atoms with Crippen LogP contribution in [0.25, 0.3) is 6.08 Å². The number of carbonyl (C=O) groups is 1. The Morgan fingerprint density at radius 2 is 1.76 bits per heavy atom. The molecule has 1 N–H and O–H groups in total. The topological polar surface area (TPSA) is 59.9 Å². The van der Waals surface area contributed by atoms with Crippen molar-refractivity contribution in [2.75, 3.05) is 14.2 Å². The number of para-hydroxylation sites is 1. The second-order valence-corrected chi connectivity index (χ2v) is 5.63. The van der Waals surface area contributed by atoms with Gasteiger partial charge in [-0.15, -0.1) is 0 Å². The minimum absolute atomic E-state index is 0.175. The van der Waals surface area contributed by atoms with E-state index < -0.39 is 0 Å². The highest BCUT2D eigenvalue weighted by Gasteiger charge is 2.19. The van der Waals surface area contributed by atoms with Crippen molar-refractivity contribution in [3.63, 3.8) is 0 Å². The lowest BCUT2D eigenvalue weighted by molar-refractivity contribution is -0.115. The zero-order chi connectivity index (χ0) is 17.6. The summed E-state index contributed by atoms with van der Waals surface area (Å²) >= 11 is 0. The van der Waals surface area contributed by atoms with Gasteiger partial charge >= 0.3 is 0 Å². The number of benzene rings is 2. The number of aliphatic imine (C=N–C) groups is 1. The third-order valence-corrected chi connectivity index (χ3v) is 3.99. The van der Waals surface area contributed by atoms with Crippen LogP contribution in [-0.4, -0.2) is 26.0 Å². The van der Waals surface area contributed by atoms with Crippen LogP contribution in [0.15, 0.2) is 59.2 Å². The first-order chi connectivity index (χ1) is 12.2. The van der Waals surface area contributed by atoms with Gasteiger partial charge in [-0.05, 0) is 41.8 Å². The van der Waals surface area contributed by atoms with Gasteiger partial charge in [0.05, 0.1) is 14.2 Å². The molecule has 0 unspecified atom stereocenters. The average Bonchev–Trinajstić information content (AvgIpc) is 3.00. The SMILES string of the molecule is COc1ccc(/C=C2/N=C(CCc3ccccc3OC)NC2=O)cc1. The zero-order valence-electron chi connectivity index (χ0n) is 14.3. The standard InChI is InChI=1S/C20H20N2O3/c1-24-16-10-7-14(8-11-16)13-17-20(23)22-19(21-17)12-9-15-5-3-4-6-18(15)25-2/h3-8,10-11,13H,9,12H2,1-2H3,(H,21,22,23)/b17-13+. The van der Waals surface area contributed by atoms with Crippen LogP contribution in [0.2, 0.25) is 0 Å². The average molecular weight is 336 g/mol. The van der Waals surface area contributed by atoms with Gasteiger partial charge in [0, 0.05) is 6.42 Å². The summed E-state index contributed by atoms with van der Waals surface area (Å²) in [4.78, 5) is 16.5. The van der Waals surface area contributed by atoms with E-state index in [2.05, 4.69) is 10.3 Å². The molecule has 0 saturated heterocycles. The number of nitrogens with zero attached hydrogens (tertiary/aromatic N) is 1. The molecule has 5 nitrogen and oxygen atoms in total. The fraction of sp³-hybridized carbons (Fsp3) is 0.200. The van der Waals surface area contributed by atoms with Crippen LogP contribution >= 0.6 is 0 Å². The highest BCUT2D eigenvalue weighted by atomic mass is 16.5. The number of carbonyl (C=O) groups excluding carboxylic acids is 1. The Morgan fingerprint density at radius 3 is 2.48 bits per heavy atom. The van der Waals surface area contributed by atoms with Crippen molar-refractivity contribution in [2.45, 2.75) is 12.8 Å². The summed E-state index contributed by atoms with van der Waals surface area (Å²) in [6, 6.07) is 15.3. The third kappa shape index (κ3) is 4.07. The van der Waals surface area contributed by atoms with Gasteiger partial charge in [-0.1, -0.05) is 30.3 Å². The lowest BCUT2D eigenvalue weighted by Gasteiger charge is -2.07. The number of aryl methyl sites for hydroxylation is 1. The molecule has 0 bridgehead atoms. The predicted octanol–water partition coefficient (Wildman–Crippen LogP) is 3.21. The molecule has 25 heavy (non-hydrogen) atoms. The van der Waals surface area contributed by atoms with Crippen molar-refractivity contribution in [3.8, 4) is 11.5 Å². The van der Waals surface area contributed by atoms with Gasteiger partial charge in [0.25, 0.3) is 5.91 Å². The number of nitrogens with one attached hydrogen (secondary N) is 1. The summed E-state index contributed by atoms with van der Waals surface area (Å²) in [7, 11) is 3.28. The molecular weight excluding hydrogens is 316 g/mol. The van der Waals surface area contributed by atoms with Gasteiger partial charge in [-0.3, -0.25) is 4.79 Å². The smallest absolute Gasteiger partial charge is 0.275 e. The van der Waals surface area contributed by atoms with E-state index >= 15 is 0 Å². The minimum atomic E-state index is -0.175. The minimum Gasteiger partial charge on any atom is -0.497 e. The van der Waals surface area contributed by atoms with Crippen molar-refractivity contribution in [2.24, 2.45) is 4.99 Å². The Hall–Kier alpha value is -3.08. The lowest BCUT2D eigenvalue weighted by atomic mass is 10.1. The van der Waals surface area contributed by atoms with Gasteiger partial charge in [-0.25, -0.2) is 4.99 Å². The molecule has 1 aliphatic rings. The zero-order valence-corrected chi connectivity index (χ0v) is 14.3. The van der Waals surface area contributed by atoms with Crippen molar-refractivity contribution in [3.05, 3.63) is 65.4 Å². The summed E-state index contributed by atoms with van der Waals surface area (Å²) in [5.74, 6) is 2.13. The maximum Gasteiger partial charge on any atom is 0.275 e. The fourth-order valence-corrected chi connectivity index (χ4v) is 2.66. The van der Waals surface area contributed by atoms with E-state index in [1.165, 1.54) is 0 Å². The van der Waals surface area contributed by atoms with Crippen LogP contribution in [0.1, 0.15) is 17.5 Å². The molecule has 0 fully saturated rings. The van der Waals surface area contributed by atoms with Gasteiger partial charge in [0.1, 0.15) is 23.0 Å².